The van der Waals surface area contributed by atoms with Gasteiger partial charge in [-0.05, 0) is 42.0 Å². The third kappa shape index (κ3) is 5.46. The minimum Gasteiger partial charge on any atom is -0.378 e. The first-order valence-corrected chi connectivity index (χ1v) is 10.7. The third-order valence-electron chi connectivity index (χ3n) is 4.72. The number of halogens is 3. The monoisotopic (exact) mass is 439 g/mol. The molecule has 1 fully saturated rings. The molecule has 162 valence electrons. The molecular formula is C21H24F3N3O2S. The highest BCUT2D eigenvalue weighted by atomic mass is 32.2. The van der Waals surface area contributed by atoms with Crippen molar-refractivity contribution in [3.05, 3.63) is 52.6 Å². The van der Waals surface area contributed by atoms with E-state index in [2.05, 4.69) is 10.2 Å². The van der Waals surface area contributed by atoms with Gasteiger partial charge in [-0.2, -0.15) is 13.2 Å². The van der Waals surface area contributed by atoms with E-state index in [9.17, 15) is 18.0 Å². The number of nitrogens with zero attached hydrogens (tertiary/aromatic N) is 2. The number of carbonyl (C=O) groups excluding carboxylic acids is 1. The summed E-state index contributed by atoms with van der Waals surface area (Å²) in [5.41, 5.74) is 0.900. The molecule has 3 rings (SSSR count). The number of anilines is 1. The average molecular weight is 440 g/mol. The van der Waals surface area contributed by atoms with Gasteiger partial charge in [0.1, 0.15) is 10.8 Å². The molecule has 1 N–H and O–H groups in total. The Labute approximate surface area is 178 Å². The summed E-state index contributed by atoms with van der Waals surface area (Å²) < 4.78 is 44.1. The van der Waals surface area contributed by atoms with Crippen molar-refractivity contribution in [1.29, 1.82) is 0 Å². The molecule has 1 aliphatic heterocycles. The van der Waals surface area contributed by atoms with E-state index >= 15 is 0 Å². The van der Waals surface area contributed by atoms with Gasteiger partial charge >= 0.3 is 6.18 Å². The van der Waals surface area contributed by atoms with Crippen molar-refractivity contribution in [3.63, 3.8) is 0 Å². The Morgan fingerprint density at radius 2 is 2.00 bits per heavy atom. The molecule has 2 aromatic rings. The topological polar surface area (TPSA) is 54.5 Å². The number of nitrogens with one attached hydrogen (secondary N) is 1. The van der Waals surface area contributed by atoms with Crippen LogP contribution in [0.1, 0.15) is 34.0 Å². The van der Waals surface area contributed by atoms with Gasteiger partial charge in [-0.25, -0.2) is 4.98 Å². The fraction of sp³-hybridized carbons (Fsp3) is 0.429. The molecule has 1 aromatic heterocycles. The van der Waals surface area contributed by atoms with E-state index < -0.39 is 11.7 Å². The van der Waals surface area contributed by atoms with E-state index in [4.69, 9.17) is 9.72 Å². The van der Waals surface area contributed by atoms with Crippen LogP contribution in [0, 0.1) is 6.92 Å². The van der Waals surface area contributed by atoms with Crippen LogP contribution in [0.3, 0.4) is 0 Å². The Morgan fingerprint density at radius 1 is 1.27 bits per heavy atom. The van der Waals surface area contributed by atoms with Gasteiger partial charge in [0.25, 0.3) is 5.91 Å². The summed E-state index contributed by atoms with van der Waals surface area (Å²) in [6.07, 6.45) is -4.42. The van der Waals surface area contributed by atoms with Crippen LogP contribution in [0.5, 0.6) is 0 Å². The molecule has 0 spiro atoms. The number of pyridine rings is 1. The summed E-state index contributed by atoms with van der Waals surface area (Å²) in [7, 11) is 0. The number of carbonyl (C=O) groups is 1. The highest BCUT2D eigenvalue weighted by Crippen LogP contribution is 2.30. The van der Waals surface area contributed by atoms with Crippen molar-refractivity contribution in [2.75, 3.05) is 37.0 Å². The first kappa shape index (κ1) is 22.4. The van der Waals surface area contributed by atoms with Crippen LogP contribution < -0.4 is 10.2 Å². The summed E-state index contributed by atoms with van der Waals surface area (Å²) in [6, 6.07) is 6.84. The number of alkyl halides is 3. The van der Waals surface area contributed by atoms with Crippen LogP contribution in [0.25, 0.3) is 0 Å². The van der Waals surface area contributed by atoms with Gasteiger partial charge in [-0.3, -0.25) is 4.79 Å². The van der Waals surface area contributed by atoms with Gasteiger partial charge in [-0.1, -0.05) is 19.1 Å². The van der Waals surface area contributed by atoms with Crippen LogP contribution in [-0.2, 0) is 17.5 Å². The first-order valence-electron chi connectivity index (χ1n) is 9.71. The summed E-state index contributed by atoms with van der Waals surface area (Å²) in [5.74, 6) is 1.20. The Kier molecular flexibility index (Phi) is 7.25. The lowest BCUT2D eigenvalue weighted by Gasteiger charge is -2.28. The molecule has 9 heteroatoms. The molecule has 0 unspecified atom stereocenters. The maximum atomic E-state index is 12.9. The van der Waals surface area contributed by atoms with Crippen molar-refractivity contribution in [3.8, 4) is 0 Å². The van der Waals surface area contributed by atoms with Gasteiger partial charge < -0.3 is 15.0 Å². The van der Waals surface area contributed by atoms with E-state index in [1.165, 1.54) is 17.8 Å². The zero-order valence-corrected chi connectivity index (χ0v) is 17.7. The van der Waals surface area contributed by atoms with E-state index in [0.29, 0.717) is 29.4 Å². The average Bonchev–Trinajstić information content (AvgIpc) is 2.72. The number of rotatable bonds is 6. The molecule has 1 saturated heterocycles. The minimum absolute atomic E-state index is 0.00361. The van der Waals surface area contributed by atoms with Crippen molar-refractivity contribution in [2.45, 2.75) is 31.6 Å². The molecule has 1 aromatic carbocycles. The molecule has 30 heavy (non-hydrogen) atoms. The zero-order chi connectivity index (χ0) is 21.7. The molecule has 0 saturated carbocycles. The molecular weight excluding hydrogens is 415 g/mol. The van der Waals surface area contributed by atoms with Gasteiger partial charge in [-0.15, -0.1) is 11.8 Å². The highest BCUT2D eigenvalue weighted by Gasteiger charge is 2.30. The molecule has 2 heterocycles. The van der Waals surface area contributed by atoms with Crippen LogP contribution in [0.2, 0.25) is 0 Å². The van der Waals surface area contributed by atoms with E-state index in [1.807, 2.05) is 19.9 Å². The second-order valence-corrected chi connectivity index (χ2v) is 8.14. The quantitative estimate of drug-likeness (QED) is 0.681. The predicted molar refractivity (Wildman–Crippen MR) is 111 cm³/mol. The van der Waals surface area contributed by atoms with Crippen molar-refractivity contribution in [1.82, 2.24) is 10.3 Å². The van der Waals surface area contributed by atoms with Gasteiger partial charge in [0, 0.05) is 19.6 Å². The van der Waals surface area contributed by atoms with Crippen LogP contribution in [0.15, 0.2) is 35.4 Å². The third-order valence-corrected chi connectivity index (χ3v) is 5.58. The molecule has 1 aliphatic rings. The molecule has 0 bridgehead atoms. The lowest BCUT2D eigenvalue weighted by Crippen LogP contribution is -2.37. The maximum absolute atomic E-state index is 12.9. The minimum atomic E-state index is -4.42. The Balaban J connectivity index is 1.79. The molecule has 0 radical (unpaired) electrons. The summed E-state index contributed by atoms with van der Waals surface area (Å²) in [6.45, 7) is 6.58. The molecule has 0 atom stereocenters. The van der Waals surface area contributed by atoms with Crippen LogP contribution >= 0.6 is 11.8 Å². The fourth-order valence-electron chi connectivity index (χ4n) is 3.23. The normalized spacial score (nSPS) is 14.6. The van der Waals surface area contributed by atoms with E-state index in [-0.39, 0.29) is 12.5 Å². The van der Waals surface area contributed by atoms with Gasteiger partial charge in [0.2, 0.25) is 0 Å². The Hall–Kier alpha value is -2.26. The number of hydrogen-bond acceptors (Lipinski definition) is 5. The lowest BCUT2D eigenvalue weighted by atomic mass is 10.1. The summed E-state index contributed by atoms with van der Waals surface area (Å²) in [4.78, 5) is 19.7. The summed E-state index contributed by atoms with van der Waals surface area (Å²) >= 11 is 1.47. The maximum Gasteiger partial charge on any atom is 0.416 e. The molecule has 1 amide bonds. The molecule has 5 nitrogen and oxygen atoms in total. The van der Waals surface area contributed by atoms with Gasteiger partial charge in [0.15, 0.2) is 0 Å². The fourth-order valence-corrected chi connectivity index (χ4v) is 4.06. The Bertz CT molecular complexity index is 900. The predicted octanol–water partition coefficient (Wildman–Crippen LogP) is 4.29. The van der Waals surface area contributed by atoms with Crippen molar-refractivity contribution < 1.29 is 22.7 Å². The van der Waals surface area contributed by atoms with Crippen LogP contribution in [-0.4, -0.2) is 42.9 Å². The zero-order valence-electron chi connectivity index (χ0n) is 16.9. The number of morpholine rings is 1. The number of aromatic nitrogens is 1. The highest BCUT2D eigenvalue weighted by molar-refractivity contribution is 7.99. The summed E-state index contributed by atoms with van der Waals surface area (Å²) in [5, 5.41) is 3.36. The second-order valence-electron chi connectivity index (χ2n) is 6.89. The number of aryl methyl sites for hydroxylation is 1. The number of thioether (sulfide) groups is 1. The second kappa shape index (κ2) is 9.70. The largest absolute Gasteiger partial charge is 0.416 e. The number of benzene rings is 1. The standard InChI is InChI=1S/C21H24F3N3O2S/c1-3-30-20-18(14(2)11-17(26-20)27-7-9-29-10-8-27)19(28)25-13-15-5-4-6-16(12-15)21(22,23)24/h4-6,11-12H,3,7-10,13H2,1-2H3,(H,25,28). The molecule has 0 aliphatic carbocycles. The SMILES string of the molecule is CCSc1nc(N2CCOCC2)cc(C)c1C(=O)NCc1cccc(C(F)(F)F)c1. The lowest BCUT2D eigenvalue weighted by molar-refractivity contribution is -0.137. The van der Waals surface area contributed by atoms with Crippen molar-refractivity contribution >= 4 is 23.5 Å². The Morgan fingerprint density at radius 3 is 2.67 bits per heavy atom. The number of amides is 1. The van der Waals surface area contributed by atoms with Crippen molar-refractivity contribution in [2.24, 2.45) is 0 Å². The van der Waals surface area contributed by atoms with Gasteiger partial charge in [0.05, 0.1) is 24.3 Å². The number of ether oxygens (including phenoxy) is 1. The smallest absolute Gasteiger partial charge is 0.378 e. The van der Waals surface area contributed by atoms with E-state index in [0.717, 1.165) is 42.4 Å². The van der Waals surface area contributed by atoms with E-state index in [1.54, 1.807) is 6.07 Å². The number of hydrogen-bond donors (Lipinski definition) is 1. The first-order chi connectivity index (χ1) is 14.3. The van der Waals surface area contributed by atoms with Crippen LogP contribution in [0.4, 0.5) is 19.0 Å².